The number of amides is 1. The smallest absolute Gasteiger partial charge is 0.283 e. The number of ether oxygens (including phenoxy) is 2. The summed E-state index contributed by atoms with van der Waals surface area (Å²) in [5, 5.41) is 16.1. The van der Waals surface area contributed by atoms with Gasteiger partial charge in [0.05, 0.1) is 5.57 Å². The van der Waals surface area contributed by atoms with E-state index in [4.69, 9.17) is 14.9 Å². The van der Waals surface area contributed by atoms with Crippen LogP contribution in [0.4, 0.5) is 0 Å². The summed E-state index contributed by atoms with van der Waals surface area (Å²) in [7, 11) is 0. The van der Waals surface area contributed by atoms with Crippen molar-refractivity contribution in [2.45, 2.75) is 84.5 Å². The normalized spacial score (nSPS) is 15.7. The molecule has 0 aliphatic carbocycles. The van der Waals surface area contributed by atoms with Gasteiger partial charge < -0.3 is 9.47 Å². The van der Waals surface area contributed by atoms with Gasteiger partial charge in [-0.2, -0.15) is 15.1 Å². The van der Waals surface area contributed by atoms with Gasteiger partial charge in [-0.3, -0.25) is 10.2 Å². The van der Waals surface area contributed by atoms with Crippen LogP contribution in [0.2, 0.25) is 0 Å². The molecule has 0 atom stereocenters. The van der Waals surface area contributed by atoms with Gasteiger partial charge in [0.2, 0.25) is 5.17 Å². The Kier molecular flexibility index (Phi) is 12.0. The number of hydrogen-bond donors (Lipinski definition) is 1. The van der Waals surface area contributed by atoms with Crippen molar-refractivity contribution in [2.75, 3.05) is 13.2 Å². The van der Waals surface area contributed by atoms with Crippen molar-refractivity contribution in [2.24, 2.45) is 10.1 Å². The van der Waals surface area contributed by atoms with Gasteiger partial charge in [0.1, 0.15) is 29.8 Å². The van der Waals surface area contributed by atoms with E-state index in [0.717, 1.165) is 42.0 Å². The highest BCUT2D eigenvalue weighted by atomic mass is 32.2. The van der Waals surface area contributed by atoms with E-state index in [1.807, 2.05) is 36.4 Å². The first-order valence-corrected chi connectivity index (χ1v) is 15.8. The highest BCUT2D eigenvalue weighted by molar-refractivity contribution is 8.26. The quantitative estimate of drug-likeness (QED) is 0.152. The minimum Gasteiger partial charge on any atom is -0.490 e. The molecule has 0 saturated carbocycles. The number of nitrogens with one attached hydrogen (secondary N) is 1. The summed E-state index contributed by atoms with van der Waals surface area (Å²) in [5.74, 6) is 1.14. The molecule has 0 fully saturated rings. The number of aliphatic imine (C=N–C) groups is 1. The zero-order chi connectivity index (χ0) is 28.9. The SMILES string of the molecule is CCCCCCCC1=NN2C(=N)/C(=C\c3cccc(OCCOc4ccc(CCCCCC)cc4)c3)C(=O)N=C2S1. The Labute approximate surface area is 248 Å². The molecule has 0 spiro atoms. The average Bonchev–Trinajstić information content (AvgIpc) is 3.39. The summed E-state index contributed by atoms with van der Waals surface area (Å²) in [6, 6.07) is 15.8. The number of benzene rings is 2. The molecule has 0 aromatic heterocycles. The number of rotatable bonds is 17. The van der Waals surface area contributed by atoms with Gasteiger partial charge in [0.15, 0.2) is 5.84 Å². The zero-order valence-corrected chi connectivity index (χ0v) is 25.2. The Balaban J connectivity index is 1.26. The molecule has 2 aromatic rings. The maximum atomic E-state index is 12.8. The summed E-state index contributed by atoms with van der Waals surface area (Å²) in [5.41, 5.74) is 2.32. The van der Waals surface area contributed by atoms with Crippen LogP contribution in [0.5, 0.6) is 11.5 Å². The van der Waals surface area contributed by atoms with Crippen LogP contribution in [0.25, 0.3) is 6.08 Å². The van der Waals surface area contributed by atoms with E-state index in [9.17, 15) is 4.79 Å². The van der Waals surface area contributed by atoms with Gasteiger partial charge in [0.25, 0.3) is 5.91 Å². The van der Waals surface area contributed by atoms with Crippen molar-refractivity contribution in [3.63, 3.8) is 0 Å². The fourth-order valence-corrected chi connectivity index (χ4v) is 5.63. The van der Waals surface area contributed by atoms with Crippen LogP contribution in [0, 0.1) is 5.41 Å². The lowest BCUT2D eigenvalue weighted by Crippen LogP contribution is -2.35. The van der Waals surface area contributed by atoms with Crippen LogP contribution in [0.15, 0.2) is 64.2 Å². The lowest BCUT2D eigenvalue weighted by atomic mass is 10.1. The molecule has 2 heterocycles. The second-order valence-electron chi connectivity index (χ2n) is 10.4. The summed E-state index contributed by atoms with van der Waals surface area (Å²) in [6.07, 6.45) is 14.6. The van der Waals surface area contributed by atoms with Crippen LogP contribution in [-0.2, 0) is 11.2 Å². The number of nitrogens with zero attached hydrogens (tertiary/aromatic N) is 3. The van der Waals surface area contributed by atoms with Gasteiger partial charge in [-0.05, 0) is 78.9 Å². The third kappa shape index (κ3) is 9.32. The van der Waals surface area contributed by atoms with E-state index in [1.165, 1.54) is 67.3 Å². The molecule has 0 saturated heterocycles. The molecule has 4 rings (SSSR count). The molecule has 2 aliphatic heterocycles. The standard InChI is InChI=1S/C33H42N4O3S/c1-3-5-7-9-11-16-30-36-37-31(34)29(32(38)35-33(37)41-30)24-26-14-12-15-28(23-26)40-22-21-39-27-19-17-25(18-20-27)13-10-8-6-4-2/h12,14-15,17-20,23-24,34H,3-11,13,16,21-22H2,1-2H3/b29-24+,34-31?. The Morgan fingerprint density at radius 1 is 0.854 bits per heavy atom. The highest BCUT2D eigenvalue weighted by Gasteiger charge is 2.35. The lowest BCUT2D eigenvalue weighted by molar-refractivity contribution is -0.114. The van der Waals surface area contributed by atoms with Crippen LogP contribution in [-0.4, -0.2) is 40.2 Å². The summed E-state index contributed by atoms with van der Waals surface area (Å²) in [4.78, 5) is 17.0. The Hall–Kier alpha value is -3.39. The Morgan fingerprint density at radius 3 is 2.29 bits per heavy atom. The summed E-state index contributed by atoms with van der Waals surface area (Å²) >= 11 is 1.40. The predicted octanol–water partition coefficient (Wildman–Crippen LogP) is 8.25. The largest absolute Gasteiger partial charge is 0.490 e. The Bertz CT molecular complexity index is 1270. The van der Waals surface area contributed by atoms with Crippen LogP contribution in [0.3, 0.4) is 0 Å². The fourth-order valence-electron chi connectivity index (χ4n) is 4.70. The number of fused-ring (bicyclic) bond motifs is 1. The van der Waals surface area contributed by atoms with Crippen LogP contribution >= 0.6 is 11.8 Å². The number of carbonyl (C=O) groups excluding carboxylic acids is 1. The number of aryl methyl sites for hydroxylation is 1. The van der Waals surface area contributed by atoms with Crippen molar-refractivity contribution in [3.05, 3.63) is 65.2 Å². The van der Waals surface area contributed by atoms with Gasteiger partial charge in [-0.15, -0.1) is 0 Å². The van der Waals surface area contributed by atoms with Crippen molar-refractivity contribution in [1.29, 1.82) is 5.41 Å². The molecule has 2 aliphatic rings. The summed E-state index contributed by atoms with van der Waals surface area (Å²) < 4.78 is 11.8. The molecular weight excluding hydrogens is 532 g/mol. The third-order valence-corrected chi connectivity index (χ3v) is 7.99. The van der Waals surface area contributed by atoms with E-state index in [-0.39, 0.29) is 11.4 Å². The maximum Gasteiger partial charge on any atom is 0.283 e. The number of hydrazone groups is 1. The first-order chi connectivity index (χ1) is 20.1. The van der Waals surface area contributed by atoms with E-state index >= 15 is 0 Å². The van der Waals surface area contributed by atoms with Crippen molar-refractivity contribution >= 4 is 39.8 Å². The second kappa shape index (κ2) is 16.2. The number of carbonyl (C=O) groups is 1. The molecule has 2 aromatic carbocycles. The molecule has 218 valence electrons. The lowest BCUT2D eigenvalue weighted by Gasteiger charge is -2.20. The van der Waals surface area contributed by atoms with E-state index in [1.54, 1.807) is 6.08 Å². The van der Waals surface area contributed by atoms with E-state index < -0.39 is 5.91 Å². The second-order valence-corrected chi connectivity index (χ2v) is 11.4. The minimum atomic E-state index is -0.417. The molecular formula is C33H42N4O3S. The molecule has 0 unspecified atom stereocenters. The summed E-state index contributed by atoms with van der Waals surface area (Å²) in [6.45, 7) is 5.25. The van der Waals surface area contributed by atoms with Crippen LogP contribution in [0.1, 0.15) is 89.2 Å². The van der Waals surface area contributed by atoms with Crippen molar-refractivity contribution in [3.8, 4) is 11.5 Å². The zero-order valence-electron chi connectivity index (χ0n) is 24.4. The van der Waals surface area contributed by atoms with Gasteiger partial charge in [0, 0.05) is 0 Å². The van der Waals surface area contributed by atoms with E-state index in [2.05, 4.69) is 36.1 Å². The average molecular weight is 575 g/mol. The molecule has 0 bridgehead atoms. The molecule has 1 N–H and O–H groups in total. The van der Waals surface area contributed by atoms with Gasteiger partial charge in [-0.25, -0.2) is 0 Å². The van der Waals surface area contributed by atoms with Gasteiger partial charge in [-0.1, -0.05) is 83.1 Å². The molecule has 7 nitrogen and oxygen atoms in total. The van der Waals surface area contributed by atoms with Crippen LogP contribution < -0.4 is 9.47 Å². The van der Waals surface area contributed by atoms with E-state index in [0.29, 0.717) is 24.1 Å². The number of hydrogen-bond acceptors (Lipinski definition) is 6. The first-order valence-electron chi connectivity index (χ1n) is 15.0. The third-order valence-electron chi connectivity index (χ3n) is 7.02. The molecule has 0 radical (unpaired) electrons. The number of thioether (sulfide) groups is 1. The molecule has 8 heteroatoms. The highest BCUT2D eigenvalue weighted by Crippen LogP contribution is 2.30. The minimum absolute atomic E-state index is 0.0557. The number of unbranched alkanes of at least 4 members (excludes halogenated alkanes) is 7. The monoisotopic (exact) mass is 574 g/mol. The Morgan fingerprint density at radius 2 is 1.54 bits per heavy atom. The first kappa shape index (κ1) is 30.6. The van der Waals surface area contributed by atoms with Crippen molar-refractivity contribution < 1.29 is 14.3 Å². The molecule has 41 heavy (non-hydrogen) atoms. The topological polar surface area (TPSA) is 87.3 Å². The molecule has 1 amide bonds. The van der Waals surface area contributed by atoms with Crippen molar-refractivity contribution in [1.82, 2.24) is 5.01 Å². The van der Waals surface area contributed by atoms with Gasteiger partial charge >= 0.3 is 0 Å². The number of amidine groups is 2. The predicted molar refractivity (Wildman–Crippen MR) is 170 cm³/mol. The fraction of sp³-hybridized carbons (Fsp3) is 0.455. The maximum absolute atomic E-state index is 12.8.